The van der Waals surface area contributed by atoms with Crippen molar-refractivity contribution in [3.8, 4) is 11.5 Å². The third-order valence-corrected chi connectivity index (χ3v) is 4.15. The number of aliphatic hydroxyl groups excluding tert-OH is 1. The Morgan fingerprint density at radius 2 is 2.00 bits per heavy atom. The van der Waals surface area contributed by atoms with Crippen LogP contribution in [0.3, 0.4) is 0 Å². The molecule has 0 saturated carbocycles. The lowest BCUT2D eigenvalue weighted by Gasteiger charge is -2.35. The minimum atomic E-state index is -0.344. The third-order valence-electron chi connectivity index (χ3n) is 4.15. The van der Waals surface area contributed by atoms with Crippen molar-refractivity contribution in [1.82, 2.24) is 9.80 Å². The Hall–Kier alpha value is -2.05. The minimum absolute atomic E-state index is 0.00424. The number of methoxy groups -OCH3 is 1. The second-order valence-corrected chi connectivity index (χ2v) is 6.23. The lowest BCUT2D eigenvalue weighted by atomic mass is 10.2. The Kier molecular flexibility index (Phi) is 7.28. The van der Waals surface area contributed by atoms with Gasteiger partial charge in [-0.1, -0.05) is 18.2 Å². The highest BCUT2D eigenvalue weighted by atomic mass is 16.5. The molecule has 1 N–H and O–H groups in total. The smallest absolute Gasteiger partial charge is 0.260 e. The molecule has 1 aromatic rings. The number of aliphatic hydroxyl groups is 1. The summed E-state index contributed by atoms with van der Waals surface area (Å²) in [4.78, 5) is 16.3. The molecule has 0 aliphatic carbocycles. The summed E-state index contributed by atoms with van der Waals surface area (Å²) >= 11 is 0. The van der Waals surface area contributed by atoms with Crippen LogP contribution in [0, 0.1) is 0 Å². The van der Waals surface area contributed by atoms with Gasteiger partial charge >= 0.3 is 0 Å². The zero-order valence-electron chi connectivity index (χ0n) is 15.3. The SMILES string of the molecule is C/C=C/c1ccc(OCC(=O)N2CCN(C[C@@H](C)O)CC2)c(OC)c1. The van der Waals surface area contributed by atoms with Gasteiger partial charge < -0.3 is 19.5 Å². The Balaban J connectivity index is 1.86. The molecule has 1 amide bonds. The van der Waals surface area contributed by atoms with E-state index in [-0.39, 0.29) is 18.6 Å². The van der Waals surface area contributed by atoms with Gasteiger partial charge in [-0.2, -0.15) is 0 Å². The molecule has 6 nitrogen and oxygen atoms in total. The molecule has 1 aromatic carbocycles. The van der Waals surface area contributed by atoms with Crippen LogP contribution in [0.4, 0.5) is 0 Å². The molecule has 0 radical (unpaired) electrons. The Labute approximate surface area is 149 Å². The molecule has 1 heterocycles. The Morgan fingerprint density at radius 3 is 2.60 bits per heavy atom. The molecule has 1 fully saturated rings. The first-order chi connectivity index (χ1) is 12.0. The van der Waals surface area contributed by atoms with E-state index in [1.165, 1.54) is 0 Å². The number of hydrogen-bond acceptors (Lipinski definition) is 5. The van der Waals surface area contributed by atoms with Crippen LogP contribution in [0.15, 0.2) is 24.3 Å². The minimum Gasteiger partial charge on any atom is -0.493 e. The zero-order chi connectivity index (χ0) is 18.2. The van der Waals surface area contributed by atoms with Gasteiger partial charge in [0.1, 0.15) is 0 Å². The molecule has 138 valence electrons. The summed E-state index contributed by atoms with van der Waals surface area (Å²) in [5.74, 6) is 1.15. The maximum absolute atomic E-state index is 12.4. The molecule has 0 bridgehead atoms. The number of carbonyl (C=O) groups excluding carboxylic acids is 1. The third kappa shape index (κ3) is 5.76. The van der Waals surface area contributed by atoms with Crippen LogP contribution in [0.2, 0.25) is 0 Å². The summed E-state index contributed by atoms with van der Waals surface area (Å²) in [5.41, 5.74) is 1.02. The average molecular weight is 348 g/mol. The van der Waals surface area contributed by atoms with Crippen LogP contribution in [0.25, 0.3) is 6.08 Å². The number of allylic oxidation sites excluding steroid dienone is 1. The van der Waals surface area contributed by atoms with Gasteiger partial charge in [0.2, 0.25) is 0 Å². The summed E-state index contributed by atoms with van der Waals surface area (Å²) < 4.78 is 11.0. The normalized spacial score (nSPS) is 16.9. The number of β-amino-alcohol motifs (C(OH)–C–C–N with tert-alkyl or cyclic N) is 1. The summed E-state index contributed by atoms with van der Waals surface area (Å²) in [6.45, 7) is 7.25. The first-order valence-electron chi connectivity index (χ1n) is 8.65. The molecule has 0 spiro atoms. The van der Waals surface area contributed by atoms with Crippen molar-refractivity contribution in [2.24, 2.45) is 0 Å². The lowest BCUT2D eigenvalue weighted by Crippen LogP contribution is -2.51. The van der Waals surface area contributed by atoms with Gasteiger partial charge in [-0.15, -0.1) is 0 Å². The number of piperazine rings is 1. The second-order valence-electron chi connectivity index (χ2n) is 6.23. The number of carbonyl (C=O) groups is 1. The molecular weight excluding hydrogens is 320 g/mol. The molecule has 1 aliphatic rings. The van der Waals surface area contributed by atoms with Crippen molar-refractivity contribution >= 4 is 12.0 Å². The maximum Gasteiger partial charge on any atom is 0.260 e. The zero-order valence-corrected chi connectivity index (χ0v) is 15.3. The van der Waals surface area contributed by atoms with E-state index in [1.54, 1.807) is 18.9 Å². The molecule has 0 unspecified atom stereocenters. The van der Waals surface area contributed by atoms with Crippen molar-refractivity contribution in [1.29, 1.82) is 0 Å². The first-order valence-corrected chi connectivity index (χ1v) is 8.65. The number of rotatable bonds is 7. The second kappa shape index (κ2) is 9.44. The van der Waals surface area contributed by atoms with Crippen LogP contribution >= 0.6 is 0 Å². The van der Waals surface area contributed by atoms with Crippen LogP contribution in [-0.2, 0) is 4.79 Å². The van der Waals surface area contributed by atoms with E-state index in [1.807, 2.05) is 37.3 Å². The fourth-order valence-electron chi connectivity index (χ4n) is 2.88. The number of benzene rings is 1. The van der Waals surface area contributed by atoms with Crippen LogP contribution < -0.4 is 9.47 Å². The summed E-state index contributed by atoms with van der Waals surface area (Å²) in [7, 11) is 1.59. The molecule has 1 atom stereocenters. The predicted molar refractivity (Wildman–Crippen MR) is 97.9 cm³/mol. The molecule has 1 saturated heterocycles. The van der Waals surface area contributed by atoms with Crippen molar-refractivity contribution in [2.45, 2.75) is 20.0 Å². The van der Waals surface area contributed by atoms with E-state index in [9.17, 15) is 9.90 Å². The molecule has 1 aliphatic heterocycles. The largest absolute Gasteiger partial charge is 0.493 e. The van der Waals surface area contributed by atoms with Gasteiger partial charge in [0, 0.05) is 32.7 Å². The Bertz CT molecular complexity index is 593. The summed E-state index contributed by atoms with van der Waals surface area (Å²) in [5, 5.41) is 9.43. The molecular formula is C19H28N2O4. The van der Waals surface area contributed by atoms with Crippen LogP contribution in [0.5, 0.6) is 11.5 Å². The van der Waals surface area contributed by atoms with Gasteiger partial charge in [-0.25, -0.2) is 0 Å². The highest BCUT2D eigenvalue weighted by Gasteiger charge is 2.22. The monoisotopic (exact) mass is 348 g/mol. The van der Waals surface area contributed by atoms with E-state index >= 15 is 0 Å². The van der Waals surface area contributed by atoms with Gasteiger partial charge in [0.05, 0.1) is 13.2 Å². The van der Waals surface area contributed by atoms with Gasteiger partial charge in [0.15, 0.2) is 18.1 Å². The molecule has 25 heavy (non-hydrogen) atoms. The topological polar surface area (TPSA) is 62.2 Å². The molecule has 2 rings (SSSR count). The van der Waals surface area contributed by atoms with Crippen LogP contribution in [0.1, 0.15) is 19.4 Å². The first kappa shape index (κ1) is 19.3. The fourth-order valence-corrected chi connectivity index (χ4v) is 2.88. The summed E-state index contributed by atoms with van der Waals surface area (Å²) in [6.07, 6.45) is 3.59. The quantitative estimate of drug-likeness (QED) is 0.812. The van der Waals surface area contributed by atoms with Crippen molar-refractivity contribution in [3.05, 3.63) is 29.8 Å². The van der Waals surface area contributed by atoms with E-state index in [2.05, 4.69) is 4.90 Å². The van der Waals surface area contributed by atoms with E-state index < -0.39 is 0 Å². The van der Waals surface area contributed by atoms with Gasteiger partial charge in [0.25, 0.3) is 5.91 Å². The average Bonchev–Trinajstić information content (AvgIpc) is 2.60. The summed E-state index contributed by atoms with van der Waals surface area (Å²) in [6, 6.07) is 5.63. The number of hydrogen-bond donors (Lipinski definition) is 1. The van der Waals surface area contributed by atoms with E-state index in [0.29, 0.717) is 31.1 Å². The van der Waals surface area contributed by atoms with Crippen molar-refractivity contribution in [3.63, 3.8) is 0 Å². The fraction of sp³-hybridized carbons (Fsp3) is 0.526. The molecule has 0 aromatic heterocycles. The number of amides is 1. The standard InChI is InChI=1S/C19H28N2O4/c1-4-5-16-6-7-17(18(12-16)24-3)25-14-19(23)21-10-8-20(9-11-21)13-15(2)22/h4-7,12,15,22H,8-11,13-14H2,1-3H3/b5-4+/t15-/m1/s1. The Morgan fingerprint density at radius 1 is 1.28 bits per heavy atom. The van der Waals surface area contributed by atoms with E-state index in [0.717, 1.165) is 18.7 Å². The van der Waals surface area contributed by atoms with Gasteiger partial charge in [-0.3, -0.25) is 9.69 Å². The maximum atomic E-state index is 12.4. The van der Waals surface area contributed by atoms with Crippen molar-refractivity contribution < 1.29 is 19.4 Å². The lowest BCUT2D eigenvalue weighted by molar-refractivity contribution is -0.135. The number of nitrogens with zero attached hydrogens (tertiary/aromatic N) is 2. The highest BCUT2D eigenvalue weighted by Crippen LogP contribution is 2.28. The number of ether oxygens (including phenoxy) is 2. The van der Waals surface area contributed by atoms with Gasteiger partial charge in [-0.05, 0) is 31.5 Å². The van der Waals surface area contributed by atoms with E-state index in [4.69, 9.17) is 9.47 Å². The van der Waals surface area contributed by atoms with Crippen molar-refractivity contribution in [2.75, 3.05) is 46.4 Å². The highest BCUT2D eigenvalue weighted by molar-refractivity contribution is 5.78. The molecule has 6 heteroatoms. The predicted octanol–water partition coefficient (Wildman–Crippen LogP) is 1.63. The van der Waals surface area contributed by atoms with Crippen LogP contribution in [-0.4, -0.2) is 73.4 Å².